The number of amides is 1. The van der Waals surface area contributed by atoms with Gasteiger partial charge in [0.15, 0.2) is 0 Å². The van der Waals surface area contributed by atoms with E-state index in [9.17, 15) is 4.79 Å². The zero-order valence-electron chi connectivity index (χ0n) is 14.8. The second-order valence-corrected chi connectivity index (χ2v) is 6.80. The van der Waals surface area contributed by atoms with E-state index in [1.165, 1.54) is 0 Å². The van der Waals surface area contributed by atoms with Gasteiger partial charge in [-0.25, -0.2) is 15.8 Å². The fourth-order valence-electron chi connectivity index (χ4n) is 3.69. The Kier molecular flexibility index (Phi) is 3.82. The molecule has 5 N–H and O–H groups in total. The van der Waals surface area contributed by atoms with E-state index in [2.05, 4.69) is 45.0 Å². The minimum atomic E-state index is -0.0776. The summed E-state index contributed by atoms with van der Waals surface area (Å²) in [5.41, 5.74) is 15.4. The van der Waals surface area contributed by atoms with Gasteiger partial charge >= 0.3 is 0 Å². The number of ether oxygens (including phenoxy) is 1. The highest BCUT2D eigenvalue weighted by Crippen LogP contribution is 2.39. The van der Waals surface area contributed by atoms with Gasteiger partial charge in [-0.1, -0.05) is 12.1 Å². The van der Waals surface area contributed by atoms with Crippen molar-refractivity contribution < 1.29 is 9.53 Å². The first-order valence-electron chi connectivity index (χ1n) is 8.98. The van der Waals surface area contributed by atoms with Crippen molar-refractivity contribution in [2.24, 2.45) is 0 Å². The first kappa shape index (κ1) is 16.2. The molecule has 3 aliphatic heterocycles. The highest BCUT2D eigenvalue weighted by atomic mass is 16.5. The van der Waals surface area contributed by atoms with Crippen LogP contribution in [0.15, 0.2) is 30.5 Å². The number of rotatable bonds is 2. The van der Waals surface area contributed by atoms with Crippen LogP contribution in [0.4, 0.5) is 11.4 Å². The standard InChI is InChI=1S/C19H20N6O2/c1-10-15(9-21-19-17(10)20-4-5-27-19)11-2-3-16-13(6-11)14(18(26)23-16)7-12-8-22-25-24-12/h2-3,6-7,9,12,20,22,24-25H,4-5,8H2,1H3,(H,23,26)/b14-7-. The molecule has 1 atom stereocenters. The maximum Gasteiger partial charge on any atom is 0.256 e. The van der Waals surface area contributed by atoms with Crippen molar-refractivity contribution in [2.75, 3.05) is 30.3 Å². The number of pyridine rings is 1. The fourth-order valence-corrected chi connectivity index (χ4v) is 3.69. The van der Waals surface area contributed by atoms with Gasteiger partial charge in [-0.05, 0) is 30.2 Å². The summed E-state index contributed by atoms with van der Waals surface area (Å²) < 4.78 is 5.62. The molecular weight excluding hydrogens is 344 g/mol. The molecule has 3 aliphatic rings. The Bertz CT molecular complexity index is 965. The fraction of sp³-hybridized carbons (Fsp3) is 0.263. The third-order valence-electron chi connectivity index (χ3n) is 5.10. The van der Waals surface area contributed by atoms with Crippen LogP contribution in [0.3, 0.4) is 0 Å². The smallest absolute Gasteiger partial charge is 0.256 e. The van der Waals surface area contributed by atoms with E-state index in [-0.39, 0.29) is 11.9 Å². The number of fused-ring (bicyclic) bond motifs is 2. The van der Waals surface area contributed by atoms with Crippen LogP contribution in [0.25, 0.3) is 16.7 Å². The molecule has 1 saturated heterocycles. The second-order valence-electron chi connectivity index (χ2n) is 6.80. The van der Waals surface area contributed by atoms with Gasteiger partial charge in [-0.15, -0.1) is 0 Å². The molecule has 2 aromatic rings. The first-order chi connectivity index (χ1) is 13.2. The van der Waals surface area contributed by atoms with Crippen LogP contribution in [0.5, 0.6) is 5.88 Å². The molecule has 4 heterocycles. The van der Waals surface area contributed by atoms with Crippen LogP contribution in [0, 0.1) is 6.92 Å². The third kappa shape index (κ3) is 2.74. The number of nitrogens with zero attached hydrogens (tertiary/aromatic N) is 1. The number of carbonyl (C=O) groups excluding carboxylic acids is 1. The summed E-state index contributed by atoms with van der Waals surface area (Å²) in [6, 6.07) is 6.06. The van der Waals surface area contributed by atoms with Gasteiger partial charge in [-0.3, -0.25) is 4.79 Å². The number of hydrogen-bond acceptors (Lipinski definition) is 7. The summed E-state index contributed by atoms with van der Waals surface area (Å²) in [5.74, 6) is 0.569. The molecule has 8 nitrogen and oxygen atoms in total. The number of hydrazine groups is 2. The molecule has 27 heavy (non-hydrogen) atoms. The molecule has 0 aliphatic carbocycles. The molecule has 5 rings (SSSR count). The molecule has 0 saturated carbocycles. The SMILES string of the molecule is Cc1c(-c2ccc3c(c2)/C(=C/C2CNNN2)C(=O)N3)cnc2c1NCCO2. The van der Waals surface area contributed by atoms with Crippen LogP contribution in [-0.2, 0) is 4.79 Å². The van der Waals surface area contributed by atoms with E-state index in [0.29, 0.717) is 24.6 Å². The van der Waals surface area contributed by atoms with E-state index in [0.717, 1.165) is 40.2 Å². The third-order valence-corrected chi connectivity index (χ3v) is 5.10. The lowest BCUT2D eigenvalue weighted by atomic mass is 9.96. The van der Waals surface area contributed by atoms with Gasteiger partial charge in [0, 0.05) is 41.7 Å². The number of carbonyl (C=O) groups is 1. The molecule has 1 aromatic heterocycles. The minimum absolute atomic E-state index is 0.0499. The zero-order chi connectivity index (χ0) is 18.4. The Hall–Kier alpha value is -2.94. The van der Waals surface area contributed by atoms with Gasteiger partial charge in [-0.2, -0.15) is 5.53 Å². The van der Waals surface area contributed by atoms with Crippen molar-refractivity contribution in [1.82, 2.24) is 21.4 Å². The Morgan fingerprint density at radius 2 is 2.22 bits per heavy atom. The highest BCUT2D eigenvalue weighted by Gasteiger charge is 2.27. The van der Waals surface area contributed by atoms with Crippen molar-refractivity contribution in [3.63, 3.8) is 0 Å². The monoisotopic (exact) mass is 364 g/mol. The average Bonchev–Trinajstić information content (AvgIpc) is 3.31. The Labute approximate surface area is 156 Å². The number of hydrogen-bond donors (Lipinski definition) is 5. The van der Waals surface area contributed by atoms with Crippen molar-refractivity contribution in [3.05, 3.63) is 41.6 Å². The minimum Gasteiger partial charge on any atom is -0.474 e. The quantitative estimate of drug-likeness (QED) is 0.510. The molecule has 1 aromatic carbocycles. The summed E-state index contributed by atoms with van der Waals surface area (Å²) in [6.45, 7) is 4.17. The molecule has 138 valence electrons. The summed E-state index contributed by atoms with van der Waals surface area (Å²) in [6.07, 6.45) is 3.79. The van der Waals surface area contributed by atoms with Crippen molar-refractivity contribution in [2.45, 2.75) is 13.0 Å². The van der Waals surface area contributed by atoms with Crippen LogP contribution in [0.2, 0.25) is 0 Å². The second kappa shape index (κ2) is 6.34. The number of nitrogens with one attached hydrogen (secondary N) is 5. The van der Waals surface area contributed by atoms with Crippen molar-refractivity contribution in [1.29, 1.82) is 0 Å². The summed E-state index contributed by atoms with van der Waals surface area (Å²) in [5, 5.41) is 6.31. The highest BCUT2D eigenvalue weighted by molar-refractivity contribution is 6.31. The summed E-state index contributed by atoms with van der Waals surface area (Å²) >= 11 is 0. The molecule has 8 heteroatoms. The average molecular weight is 364 g/mol. The van der Waals surface area contributed by atoms with Gasteiger partial charge in [0.2, 0.25) is 5.88 Å². The summed E-state index contributed by atoms with van der Waals surface area (Å²) in [7, 11) is 0. The van der Waals surface area contributed by atoms with Crippen LogP contribution < -0.4 is 31.8 Å². The van der Waals surface area contributed by atoms with E-state index in [1.807, 2.05) is 24.4 Å². The summed E-state index contributed by atoms with van der Waals surface area (Å²) in [4.78, 5) is 16.9. The van der Waals surface area contributed by atoms with Gasteiger partial charge in [0.1, 0.15) is 12.3 Å². The lowest BCUT2D eigenvalue weighted by Crippen LogP contribution is -2.32. The molecule has 0 radical (unpaired) electrons. The molecular formula is C19H20N6O2. The van der Waals surface area contributed by atoms with E-state index >= 15 is 0 Å². The van der Waals surface area contributed by atoms with Gasteiger partial charge in [0.05, 0.1) is 6.04 Å². The predicted molar refractivity (Wildman–Crippen MR) is 103 cm³/mol. The Morgan fingerprint density at radius 3 is 3.07 bits per heavy atom. The van der Waals surface area contributed by atoms with E-state index in [1.54, 1.807) is 0 Å². The predicted octanol–water partition coefficient (Wildman–Crippen LogP) is 1.18. The van der Waals surface area contributed by atoms with Crippen LogP contribution >= 0.6 is 0 Å². The van der Waals surface area contributed by atoms with Gasteiger partial charge < -0.3 is 15.4 Å². The van der Waals surface area contributed by atoms with Gasteiger partial charge in [0.25, 0.3) is 5.91 Å². The zero-order valence-corrected chi connectivity index (χ0v) is 14.8. The molecule has 0 bridgehead atoms. The largest absolute Gasteiger partial charge is 0.474 e. The normalized spacial score (nSPS) is 22.0. The van der Waals surface area contributed by atoms with Crippen molar-refractivity contribution >= 4 is 22.9 Å². The maximum atomic E-state index is 12.4. The molecule has 0 spiro atoms. The number of aromatic nitrogens is 1. The van der Waals surface area contributed by atoms with Crippen molar-refractivity contribution in [3.8, 4) is 17.0 Å². The lowest BCUT2D eigenvalue weighted by Gasteiger charge is -2.21. The molecule has 1 amide bonds. The van der Waals surface area contributed by atoms with Crippen LogP contribution in [-0.4, -0.2) is 36.6 Å². The topological polar surface area (TPSA) is 99.3 Å². The van der Waals surface area contributed by atoms with E-state index < -0.39 is 0 Å². The Morgan fingerprint density at radius 1 is 1.30 bits per heavy atom. The number of anilines is 2. The molecule has 1 fully saturated rings. The van der Waals surface area contributed by atoms with E-state index in [4.69, 9.17) is 4.74 Å². The first-order valence-corrected chi connectivity index (χ1v) is 8.98. The molecule has 1 unspecified atom stereocenters. The Balaban J connectivity index is 1.57. The lowest BCUT2D eigenvalue weighted by molar-refractivity contribution is -0.110. The number of benzene rings is 1. The van der Waals surface area contributed by atoms with Crippen LogP contribution in [0.1, 0.15) is 11.1 Å². The maximum absolute atomic E-state index is 12.4.